The molecule has 1 heterocycles. The van der Waals surface area contributed by atoms with Crippen LogP contribution in [0, 0.1) is 11.3 Å². The summed E-state index contributed by atoms with van der Waals surface area (Å²) in [4.78, 5) is 12.3. The van der Waals surface area contributed by atoms with Gasteiger partial charge in [-0.1, -0.05) is 48.0 Å². The molecular weight excluding hydrogens is 440 g/mol. The number of allylic oxidation sites excluding steroid dienone is 1. The molecule has 0 fully saturated rings. The van der Waals surface area contributed by atoms with Crippen LogP contribution in [0.2, 0.25) is 5.02 Å². The Morgan fingerprint density at radius 1 is 1.12 bits per heavy atom. The van der Waals surface area contributed by atoms with Crippen LogP contribution in [0.1, 0.15) is 22.6 Å². The first kappa shape index (κ1) is 22.0. The lowest BCUT2D eigenvalue weighted by molar-refractivity contribution is -0.128. The molecule has 3 aromatic carbocycles. The smallest absolute Gasteiger partial charge is 0.336 e. The van der Waals surface area contributed by atoms with Crippen molar-refractivity contribution in [3.8, 4) is 23.3 Å². The van der Waals surface area contributed by atoms with E-state index in [1.54, 1.807) is 43.5 Å². The Kier molecular flexibility index (Phi) is 6.34. The number of rotatable bonds is 5. The Hall–Kier alpha value is -4.21. The summed E-state index contributed by atoms with van der Waals surface area (Å²) >= 11 is 6.10. The van der Waals surface area contributed by atoms with Crippen LogP contribution < -0.4 is 19.9 Å². The van der Waals surface area contributed by atoms with Crippen LogP contribution in [0.15, 0.2) is 84.3 Å². The van der Waals surface area contributed by atoms with E-state index in [0.717, 1.165) is 11.1 Å². The van der Waals surface area contributed by atoms with E-state index in [1.165, 1.54) is 6.08 Å². The summed E-state index contributed by atoms with van der Waals surface area (Å²) in [6.45, 7) is 0. The molecule has 0 aromatic heterocycles. The lowest BCUT2D eigenvalue weighted by Crippen LogP contribution is -2.21. The zero-order valence-corrected chi connectivity index (χ0v) is 18.4. The van der Waals surface area contributed by atoms with Crippen molar-refractivity contribution in [2.75, 3.05) is 7.11 Å². The number of carbonyl (C=O) groups is 1. The zero-order chi connectivity index (χ0) is 23.4. The SMILES string of the molecule is COc1cccc(C2C(C#N)=C(N)Oc3cc(OC(=O)/C=C/c4ccccc4Cl)ccc32)c1. The Morgan fingerprint density at radius 3 is 2.70 bits per heavy atom. The predicted octanol–water partition coefficient (Wildman–Crippen LogP) is 5.19. The number of carbonyl (C=O) groups excluding carboxylic acids is 1. The number of halogens is 1. The number of hydrogen-bond donors (Lipinski definition) is 1. The molecule has 33 heavy (non-hydrogen) atoms. The Labute approximate surface area is 196 Å². The number of benzene rings is 3. The molecule has 0 saturated carbocycles. The van der Waals surface area contributed by atoms with Crippen molar-refractivity contribution < 1.29 is 19.0 Å². The number of nitrogens with zero attached hydrogens (tertiary/aromatic N) is 1. The molecule has 0 bridgehead atoms. The maximum Gasteiger partial charge on any atom is 0.336 e. The number of hydrogen-bond acceptors (Lipinski definition) is 6. The molecule has 0 saturated heterocycles. The number of esters is 1. The molecular formula is C26H19ClN2O4. The number of nitrogens with two attached hydrogens (primary N) is 1. The summed E-state index contributed by atoms with van der Waals surface area (Å²) < 4.78 is 16.4. The second-order valence-corrected chi connectivity index (χ2v) is 7.58. The second-order valence-electron chi connectivity index (χ2n) is 7.18. The monoisotopic (exact) mass is 458 g/mol. The molecule has 1 aliphatic heterocycles. The highest BCUT2D eigenvalue weighted by Crippen LogP contribution is 2.44. The van der Waals surface area contributed by atoms with E-state index in [4.69, 9.17) is 31.5 Å². The number of nitriles is 1. The van der Waals surface area contributed by atoms with Gasteiger partial charge in [-0.2, -0.15) is 5.26 Å². The van der Waals surface area contributed by atoms with Crippen molar-refractivity contribution in [3.05, 3.63) is 106 Å². The van der Waals surface area contributed by atoms with Gasteiger partial charge >= 0.3 is 5.97 Å². The summed E-state index contributed by atoms with van der Waals surface area (Å²) in [5, 5.41) is 10.2. The van der Waals surface area contributed by atoms with E-state index in [0.29, 0.717) is 27.7 Å². The highest BCUT2D eigenvalue weighted by atomic mass is 35.5. The van der Waals surface area contributed by atoms with Gasteiger partial charge in [-0.3, -0.25) is 0 Å². The molecule has 164 valence electrons. The first-order chi connectivity index (χ1) is 16.0. The summed E-state index contributed by atoms with van der Waals surface area (Å²) in [6.07, 6.45) is 2.88. The molecule has 0 amide bonds. The number of ether oxygens (including phenoxy) is 3. The van der Waals surface area contributed by atoms with E-state index >= 15 is 0 Å². The predicted molar refractivity (Wildman–Crippen MR) is 125 cm³/mol. The van der Waals surface area contributed by atoms with Crippen molar-refractivity contribution in [2.24, 2.45) is 5.73 Å². The highest BCUT2D eigenvalue weighted by Gasteiger charge is 2.31. The van der Waals surface area contributed by atoms with Crippen LogP contribution in [0.3, 0.4) is 0 Å². The van der Waals surface area contributed by atoms with Gasteiger partial charge in [0.05, 0.1) is 13.0 Å². The molecule has 1 atom stereocenters. The van der Waals surface area contributed by atoms with E-state index in [9.17, 15) is 10.1 Å². The second kappa shape index (κ2) is 9.51. The van der Waals surface area contributed by atoms with Crippen molar-refractivity contribution in [1.29, 1.82) is 5.26 Å². The molecule has 0 aliphatic carbocycles. The van der Waals surface area contributed by atoms with E-state index < -0.39 is 11.9 Å². The number of methoxy groups -OCH3 is 1. The summed E-state index contributed by atoms with van der Waals surface area (Å²) in [6, 6.07) is 21.7. The molecule has 4 rings (SSSR count). The maximum atomic E-state index is 12.3. The van der Waals surface area contributed by atoms with E-state index in [2.05, 4.69) is 6.07 Å². The zero-order valence-electron chi connectivity index (χ0n) is 17.6. The third-order valence-corrected chi connectivity index (χ3v) is 5.48. The van der Waals surface area contributed by atoms with Crippen molar-refractivity contribution in [1.82, 2.24) is 0 Å². The van der Waals surface area contributed by atoms with Crippen LogP contribution >= 0.6 is 11.6 Å². The van der Waals surface area contributed by atoms with Crippen LogP contribution in [0.25, 0.3) is 6.08 Å². The minimum Gasteiger partial charge on any atom is -0.497 e. The van der Waals surface area contributed by atoms with Gasteiger partial charge in [0.2, 0.25) is 5.88 Å². The van der Waals surface area contributed by atoms with Crippen LogP contribution in [-0.2, 0) is 4.79 Å². The minimum absolute atomic E-state index is 0.0000817. The molecule has 7 heteroatoms. The largest absolute Gasteiger partial charge is 0.497 e. The van der Waals surface area contributed by atoms with E-state index in [1.807, 2.05) is 36.4 Å². The van der Waals surface area contributed by atoms with Gasteiger partial charge in [0.1, 0.15) is 28.9 Å². The molecule has 1 aliphatic rings. The molecule has 6 nitrogen and oxygen atoms in total. The van der Waals surface area contributed by atoms with E-state index in [-0.39, 0.29) is 11.6 Å². The lowest BCUT2D eigenvalue weighted by Gasteiger charge is -2.26. The molecule has 2 N–H and O–H groups in total. The molecule has 3 aromatic rings. The van der Waals surface area contributed by atoms with Crippen LogP contribution in [0.5, 0.6) is 17.2 Å². The maximum absolute atomic E-state index is 12.3. The number of fused-ring (bicyclic) bond motifs is 1. The highest BCUT2D eigenvalue weighted by molar-refractivity contribution is 6.32. The van der Waals surface area contributed by atoms with Gasteiger partial charge in [0.15, 0.2) is 0 Å². The lowest BCUT2D eigenvalue weighted by atomic mass is 9.83. The van der Waals surface area contributed by atoms with Gasteiger partial charge in [0.25, 0.3) is 0 Å². The molecule has 0 radical (unpaired) electrons. The van der Waals surface area contributed by atoms with Gasteiger partial charge in [-0.15, -0.1) is 0 Å². The molecule has 1 unspecified atom stereocenters. The van der Waals surface area contributed by atoms with Gasteiger partial charge in [-0.25, -0.2) is 4.79 Å². The first-order valence-corrected chi connectivity index (χ1v) is 10.4. The van der Waals surface area contributed by atoms with Crippen molar-refractivity contribution in [2.45, 2.75) is 5.92 Å². The van der Waals surface area contributed by atoms with Crippen molar-refractivity contribution in [3.63, 3.8) is 0 Å². The fraction of sp³-hybridized carbons (Fsp3) is 0.0769. The van der Waals surface area contributed by atoms with Gasteiger partial charge in [-0.05, 0) is 41.5 Å². The Morgan fingerprint density at radius 2 is 1.94 bits per heavy atom. The van der Waals surface area contributed by atoms with Gasteiger partial charge in [0, 0.05) is 22.7 Å². The fourth-order valence-corrected chi connectivity index (χ4v) is 3.78. The third kappa shape index (κ3) is 4.69. The van der Waals surface area contributed by atoms with Gasteiger partial charge < -0.3 is 19.9 Å². The summed E-state index contributed by atoms with van der Waals surface area (Å²) in [5.74, 6) is 0.321. The standard InChI is InChI=1S/C26H19ClN2O4/c1-31-18-7-4-6-17(13-18)25-20-11-10-19(14-23(20)33-26(29)21(25)15-28)32-24(30)12-9-16-5-2-3-8-22(16)27/h2-14,25H,29H2,1H3/b12-9+. The quantitative estimate of drug-likeness (QED) is 0.321. The average molecular weight is 459 g/mol. The molecule has 0 spiro atoms. The summed E-state index contributed by atoms with van der Waals surface area (Å²) in [5.41, 5.74) is 8.60. The fourth-order valence-electron chi connectivity index (χ4n) is 3.58. The Balaban J connectivity index is 1.62. The van der Waals surface area contributed by atoms with Crippen molar-refractivity contribution >= 4 is 23.6 Å². The topological polar surface area (TPSA) is 94.6 Å². The van der Waals surface area contributed by atoms with Crippen LogP contribution in [0.4, 0.5) is 0 Å². The first-order valence-electron chi connectivity index (χ1n) is 10.00. The Bertz CT molecular complexity index is 1320. The summed E-state index contributed by atoms with van der Waals surface area (Å²) in [7, 11) is 1.58. The average Bonchev–Trinajstić information content (AvgIpc) is 2.82. The minimum atomic E-state index is -0.573. The third-order valence-electron chi connectivity index (χ3n) is 5.14. The van der Waals surface area contributed by atoms with Crippen LogP contribution in [-0.4, -0.2) is 13.1 Å². The normalized spacial score (nSPS) is 14.9.